The summed E-state index contributed by atoms with van der Waals surface area (Å²) in [6.45, 7) is 5.28. The van der Waals surface area contributed by atoms with E-state index in [-0.39, 0.29) is 0 Å². The van der Waals surface area contributed by atoms with E-state index in [1.54, 1.807) is 26.2 Å². The molecule has 0 saturated carbocycles. The Morgan fingerprint density at radius 1 is 1.44 bits per heavy atom. The first-order chi connectivity index (χ1) is 8.43. The zero-order valence-electron chi connectivity index (χ0n) is 10.5. The van der Waals surface area contributed by atoms with Gasteiger partial charge in [-0.3, -0.25) is 9.78 Å². The molecule has 0 radical (unpaired) electrons. The molecule has 2 rings (SSSR count). The number of hydrogen-bond donors (Lipinski definition) is 1. The molecule has 0 amide bonds. The van der Waals surface area contributed by atoms with Gasteiger partial charge in [0, 0.05) is 23.3 Å². The summed E-state index contributed by atoms with van der Waals surface area (Å²) in [5.74, 6) is -0.870. The normalized spacial score (nSPS) is 11.5. The second kappa shape index (κ2) is 4.49. The number of carbonyl (C=O) groups is 1. The van der Waals surface area contributed by atoms with Gasteiger partial charge >= 0.3 is 5.97 Å². The highest BCUT2D eigenvalue weighted by Crippen LogP contribution is 2.31. The highest BCUT2D eigenvalue weighted by molar-refractivity contribution is 7.13. The van der Waals surface area contributed by atoms with E-state index in [4.69, 9.17) is 0 Å². The lowest BCUT2D eigenvalue weighted by atomic mass is 9.90. The van der Waals surface area contributed by atoms with E-state index in [1.807, 2.05) is 18.4 Å². The molecule has 2 heterocycles. The van der Waals surface area contributed by atoms with Crippen LogP contribution >= 0.6 is 11.3 Å². The maximum absolute atomic E-state index is 11.2. The number of carboxylic acids is 1. The number of aryl methyl sites for hydroxylation is 1. The van der Waals surface area contributed by atoms with Crippen LogP contribution in [0.3, 0.4) is 0 Å². The predicted octanol–water partition coefficient (Wildman–Crippen LogP) is 2.88. The Labute approximate surface area is 109 Å². The average Bonchev–Trinajstić information content (AvgIpc) is 2.79. The molecule has 5 heteroatoms. The molecule has 0 aromatic carbocycles. The minimum atomic E-state index is -0.963. The molecule has 0 aliphatic rings. The smallest absolute Gasteiger partial charge is 0.315 e. The summed E-state index contributed by atoms with van der Waals surface area (Å²) in [5, 5.41) is 11.8. The predicted molar refractivity (Wildman–Crippen MR) is 70.7 cm³/mol. The van der Waals surface area contributed by atoms with E-state index in [9.17, 15) is 9.90 Å². The number of nitrogens with zero attached hydrogens (tertiary/aromatic N) is 2. The average molecular weight is 262 g/mol. The molecular formula is C13H14N2O2S. The molecule has 0 aliphatic carbocycles. The van der Waals surface area contributed by atoms with Crippen molar-refractivity contribution in [2.45, 2.75) is 26.2 Å². The number of thiazole rings is 1. The van der Waals surface area contributed by atoms with Gasteiger partial charge in [0.2, 0.25) is 0 Å². The number of aliphatic carboxylic acids is 1. The van der Waals surface area contributed by atoms with Crippen LogP contribution < -0.4 is 0 Å². The third kappa shape index (κ3) is 2.13. The standard InChI is InChI=1S/C13H14N2O2S/c1-8-6-14-5-4-9(8)11-15-10(7-18-11)13(2,3)12(16)17/h4-7H,1-3H3,(H,16,17). The van der Waals surface area contributed by atoms with Gasteiger partial charge in [-0.1, -0.05) is 0 Å². The van der Waals surface area contributed by atoms with Crippen molar-refractivity contribution in [3.05, 3.63) is 35.1 Å². The van der Waals surface area contributed by atoms with E-state index in [0.29, 0.717) is 5.69 Å². The van der Waals surface area contributed by atoms with Crippen molar-refractivity contribution < 1.29 is 9.90 Å². The molecular weight excluding hydrogens is 248 g/mol. The van der Waals surface area contributed by atoms with Crippen LogP contribution in [-0.4, -0.2) is 21.0 Å². The Morgan fingerprint density at radius 3 is 2.78 bits per heavy atom. The van der Waals surface area contributed by atoms with Crippen molar-refractivity contribution in [2.24, 2.45) is 0 Å². The zero-order valence-corrected chi connectivity index (χ0v) is 11.3. The molecule has 2 aromatic rings. The van der Waals surface area contributed by atoms with Gasteiger partial charge in [0.05, 0.1) is 5.69 Å². The summed E-state index contributed by atoms with van der Waals surface area (Å²) >= 11 is 1.46. The maximum Gasteiger partial charge on any atom is 0.315 e. The molecule has 0 aliphatic heterocycles. The Balaban J connectivity index is 2.44. The van der Waals surface area contributed by atoms with Crippen molar-refractivity contribution in [3.63, 3.8) is 0 Å². The SMILES string of the molecule is Cc1cnccc1-c1nc(C(C)(C)C(=O)O)cs1. The molecule has 0 saturated heterocycles. The van der Waals surface area contributed by atoms with Crippen LogP contribution in [0.25, 0.3) is 10.6 Å². The molecule has 18 heavy (non-hydrogen) atoms. The summed E-state index contributed by atoms with van der Waals surface area (Å²) in [7, 11) is 0. The van der Waals surface area contributed by atoms with Crippen LogP contribution in [0.1, 0.15) is 25.1 Å². The highest BCUT2D eigenvalue weighted by Gasteiger charge is 2.32. The third-order valence-electron chi connectivity index (χ3n) is 2.93. The van der Waals surface area contributed by atoms with Crippen LogP contribution in [0.15, 0.2) is 23.8 Å². The number of aromatic nitrogens is 2. The van der Waals surface area contributed by atoms with Crippen molar-refractivity contribution in [1.29, 1.82) is 0 Å². The van der Waals surface area contributed by atoms with Crippen molar-refractivity contribution >= 4 is 17.3 Å². The van der Waals surface area contributed by atoms with Gasteiger partial charge in [0.15, 0.2) is 0 Å². The summed E-state index contributed by atoms with van der Waals surface area (Å²) in [5.41, 5.74) is 1.66. The monoisotopic (exact) mass is 262 g/mol. The van der Waals surface area contributed by atoms with Crippen molar-refractivity contribution in [2.75, 3.05) is 0 Å². The van der Waals surface area contributed by atoms with E-state index in [2.05, 4.69) is 9.97 Å². The van der Waals surface area contributed by atoms with E-state index in [0.717, 1.165) is 16.1 Å². The minimum absolute atomic E-state index is 0.589. The molecule has 0 bridgehead atoms. The molecule has 0 atom stereocenters. The van der Waals surface area contributed by atoms with Gasteiger partial charge in [-0.25, -0.2) is 4.98 Å². The largest absolute Gasteiger partial charge is 0.481 e. The Kier molecular flexibility index (Phi) is 3.17. The molecule has 2 aromatic heterocycles. The maximum atomic E-state index is 11.2. The van der Waals surface area contributed by atoms with Crippen molar-refractivity contribution in [1.82, 2.24) is 9.97 Å². The number of hydrogen-bond acceptors (Lipinski definition) is 4. The van der Waals surface area contributed by atoms with Gasteiger partial charge in [0.25, 0.3) is 0 Å². The fourth-order valence-electron chi connectivity index (χ4n) is 1.51. The van der Waals surface area contributed by atoms with Crippen LogP contribution in [0.5, 0.6) is 0 Å². The molecule has 1 N–H and O–H groups in total. The first-order valence-corrected chi connectivity index (χ1v) is 6.41. The summed E-state index contributed by atoms with van der Waals surface area (Å²) in [6.07, 6.45) is 3.49. The summed E-state index contributed by atoms with van der Waals surface area (Å²) in [6, 6.07) is 1.89. The first kappa shape index (κ1) is 12.7. The molecule has 0 fully saturated rings. The number of pyridine rings is 1. The zero-order chi connectivity index (χ0) is 13.3. The molecule has 0 unspecified atom stereocenters. The van der Waals surface area contributed by atoms with Crippen LogP contribution in [0, 0.1) is 6.92 Å². The summed E-state index contributed by atoms with van der Waals surface area (Å²) < 4.78 is 0. The fourth-order valence-corrected chi connectivity index (χ4v) is 2.59. The molecule has 0 spiro atoms. The van der Waals surface area contributed by atoms with Crippen LogP contribution in [-0.2, 0) is 10.2 Å². The Bertz CT molecular complexity index is 590. The Hall–Kier alpha value is -1.75. The number of rotatable bonds is 3. The third-order valence-corrected chi connectivity index (χ3v) is 3.81. The first-order valence-electron chi connectivity index (χ1n) is 5.53. The quantitative estimate of drug-likeness (QED) is 0.923. The summed E-state index contributed by atoms with van der Waals surface area (Å²) in [4.78, 5) is 19.7. The van der Waals surface area contributed by atoms with E-state index >= 15 is 0 Å². The Morgan fingerprint density at radius 2 is 2.17 bits per heavy atom. The van der Waals surface area contributed by atoms with E-state index < -0.39 is 11.4 Å². The molecule has 94 valence electrons. The van der Waals surface area contributed by atoms with Gasteiger partial charge in [0.1, 0.15) is 10.4 Å². The lowest BCUT2D eigenvalue weighted by molar-refractivity contribution is -0.142. The second-order valence-electron chi connectivity index (χ2n) is 4.66. The minimum Gasteiger partial charge on any atom is -0.481 e. The molecule has 4 nitrogen and oxygen atoms in total. The van der Waals surface area contributed by atoms with Gasteiger partial charge in [-0.05, 0) is 32.4 Å². The van der Waals surface area contributed by atoms with Crippen LogP contribution in [0.4, 0.5) is 0 Å². The fraction of sp³-hybridized carbons (Fsp3) is 0.308. The van der Waals surface area contributed by atoms with Crippen LogP contribution in [0.2, 0.25) is 0 Å². The van der Waals surface area contributed by atoms with Gasteiger partial charge in [-0.15, -0.1) is 11.3 Å². The lowest BCUT2D eigenvalue weighted by Gasteiger charge is -2.15. The lowest BCUT2D eigenvalue weighted by Crippen LogP contribution is -2.28. The highest BCUT2D eigenvalue weighted by atomic mass is 32.1. The topological polar surface area (TPSA) is 63.1 Å². The van der Waals surface area contributed by atoms with Gasteiger partial charge < -0.3 is 5.11 Å². The number of carboxylic acid groups (broad SMARTS) is 1. The van der Waals surface area contributed by atoms with Gasteiger partial charge in [-0.2, -0.15) is 0 Å². The van der Waals surface area contributed by atoms with Crippen molar-refractivity contribution in [3.8, 4) is 10.6 Å². The second-order valence-corrected chi connectivity index (χ2v) is 5.52. The van der Waals surface area contributed by atoms with E-state index in [1.165, 1.54) is 11.3 Å².